The minimum Gasteiger partial charge on any atom is -0.508 e. The van der Waals surface area contributed by atoms with Crippen molar-refractivity contribution in [2.24, 2.45) is 0 Å². The van der Waals surface area contributed by atoms with E-state index in [-0.39, 0.29) is 29.9 Å². The van der Waals surface area contributed by atoms with E-state index < -0.39 is 4.92 Å². The van der Waals surface area contributed by atoms with Gasteiger partial charge in [-0.2, -0.15) is 0 Å². The maximum Gasteiger partial charge on any atom is 0.272 e. The van der Waals surface area contributed by atoms with Crippen LogP contribution in [-0.2, 0) is 11.2 Å². The summed E-state index contributed by atoms with van der Waals surface area (Å²) in [7, 11) is 0. The highest BCUT2D eigenvalue weighted by Crippen LogP contribution is 2.30. The molecule has 0 aliphatic rings. The standard InChI is InChI=1S/C18H20N2O5/c1-11(2)25-17-10-14(21)7-8-15(17)19-18(22)9-13-5-4-6-16(12(13)3)20(23)24/h4-8,10-11,21H,9H2,1-3H3,(H,19,22). The van der Waals surface area contributed by atoms with E-state index in [1.807, 2.05) is 13.8 Å². The lowest BCUT2D eigenvalue weighted by atomic mass is 10.0. The molecule has 7 heteroatoms. The number of carbonyl (C=O) groups is 1. The number of nitrogens with zero attached hydrogens (tertiary/aromatic N) is 1. The number of nitro groups is 1. The van der Waals surface area contributed by atoms with Crippen molar-refractivity contribution in [2.75, 3.05) is 5.32 Å². The van der Waals surface area contributed by atoms with Gasteiger partial charge in [0.1, 0.15) is 11.5 Å². The number of rotatable bonds is 6. The van der Waals surface area contributed by atoms with E-state index in [2.05, 4.69) is 5.32 Å². The largest absolute Gasteiger partial charge is 0.508 e. The third kappa shape index (κ3) is 4.69. The molecule has 2 aromatic carbocycles. The van der Waals surface area contributed by atoms with Crippen LogP contribution in [0.3, 0.4) is 0 Å². The minimum atomic E-state index is -0.467. The molecule has 2 N–H and O–H groups in total. The first kappa shape index (κ1) is 18.3. The van der Waals surface area contributed by atoms with Crippen LogP contribution in [0.1, 0.15) is 25.0 Å². The Labute approximate surface area is 145 Å². The summed E-state index contributed by atoms with van der Waals surface area (Å²) in [5, 5.41) is 23.3. The number of hydrogen-bond acceptors (Lipinski definition) is 5. The van der Waals surface area contributed by atoms with Gasteiger partial charge in [0, 0.05) is 17.7 Å². The zero-order valence-electron chi connectivity index (χ0n) is 14.3. The predicted molar refractivity (Wildman–Crippen MR) is 94.0 cm³/mol. The molecule has 0 fully saturated rings. The van der Waals surface area contributed by atoms with Gasteiger partial charge in [0.2, 0.25) is 5.91 Å². The van der Waals surface area contributed by atoms with Gasteiger partial charge >= 0.3 is 0 Å². The fourth-order valence-corrected chi connectivity index (χ4v) is 2.39. The van der Waals surface area contributed by atoms with Crippen LogP contribution < -0.4 is 10.1 Å². The van der Waals surface area contributed by atoms with Gasteiger partial charge in [0.05, 0.1) is 23.1 Å². The summed E-state index contributed by atoms with van der Waals surface area (Å²) in [6, 6.07) is 9.07. The predicted octanol–water partition coefficient (Wildman–Crippen LogP) is 3.58. The summed E-state index contributed by atoms with van der Waals surface area (Å²) in [6.07, 6.45) is -0.133. The Morgan fingerprint density at radius 3 is 2.68 bits per heavy atom. The highest BCUT2D eigenvalue weighted by atomic mass is 16.6. The van der Waals surface area contributed by atoms with Gasteiger partial charge in [-0.15, -0.1) is 0 Å². The average Bonchev–Trinajstić information content (AvgIpc) is 2.51. The number of hydrogen-bond donors (Lipinski definition) is 2. The van der Waals surface area contributed by atoms with E-state index in [1.54, 1.807) is 25.1 Å². The Balaban J connectivity index is 2.19. The first-order chi connectivity index (χ1) is 11.8. The maximum atomic E-state index is 12.3. The van der Waals surface area contributed by atoms with Gasteiger partial charge in [-0.05, 0) is 38.5 Å². The third-order valence-corrected chi connectivity index (χ3v) is 3.57. The molecule has 132 valence electrons. The van der Waals surface area contributed by atoms with Gasteiger partial charge in [-0.1, -0.05) is 12.1 Å². The monoisotopic (exact) mass is 344 g/mol. The summed E-state index contributed by atoms with van der Waals surface area (Å²) in [4.78, 5) is 22.9. The van der Waals surface area contributed by atoms with Crippen molar-refractivity contribution < 1.29 is 19.6 Å². The summed E-state index contributed by atoms with van der Waals surface area (Å²) in [5.74, 6) is 0.0604. The van der Waals surface area contributed by atoms with Crippen molar-refractivity contribution in [2.45, 2.75) is 33.3 Å². The van der Waals surface area contributed by atoms with Gasteiger partial charge < -0.3 is 15.2 Å². The Kier molecular flexibility index (Phi) is 5.59. The molecule has 2 rings (SSSR count). The van der Waals surface area contributed by atoms with E-state index in [0.717, 1.165) is 0 Å². The number of aromatic hydroxyl groups is 1. The fraction of sp³-hybridized carbons (Fsp3) is 0.278. The molecule has 1 amide bonds. The SMILES string of the molecule is Cc1c(CC(=O)Nc2ccc(O)cc2OC(C)C)cccc1[N+](=O)[O-]. The van der Waals surface area contributed by atoms with Crippen LogP contribution in [0.4, 0.5) is 11.4 Å². The molecular formula is C18H20N2O5. The summed E-state index contributed by atoms with van der Waals surface area (Å²) >= 11 is 0. The van der Waals surface area contributed by atoms with E-state index >= 15 is 0 Å². The lowest BCUT2D eigenvalue weighted by Crippen LogP contribution is -2.17. The molecular weight excluding hydrogens is 324 g/mol. The van der Waals surface area contributed by atoms with Crippen molar-refractivity contribution in [3.8, 4) is 11.5 Å². The number of anilines is 1. The fourth-order valence-electron chi connectivity index (χ4n) is 2.39. The molecule has 7 nitrogen and oxygen atoms in total. The molecule has 0 saturated carbocycles. The van der Waals surface area contributed by atoms with Gasteiger partial charge in [-0.25, -0.2) is 0 Å². The summed E-state index contributed by atoms with van der Waals surface area (Å²) in [5.41, 5.74) is 1.46. The van der Waals surface area contributed by atoms with Crippen molar-refractivity contribution in [1.82, 2.24) is 0 Å². The van der Waals surface area contributed by atoms with Crippen LogP contribution in [0.5, 0.6) is 11.5 Å². The van der Waals surface area contributed by atoms with Gasteiger partial charge in [0.15, 0.2) is 0 Å². The highest BCUT2D eigenvalue weighted by Gasteiger charge is 2.16. The number of phenols is 1. The molecule has 0 heterocycles. The lowest BCUT2D eigenvalue weighted by Gasteiger charge is -2.15. The van der Waals surface area contributed by atoms with Crippen molar-refractivity contribution in [1.29, 1.82) is 0 Å². The van der Waals surface area contributed by atoms with Crippen LogP contribution in [0, 0.1) is 17.0 Å². The van der Waals surface area contributed by atoms with E-state index in [1.165, 1.54) is 18.2 Å². The molecule has 0 saturated heterocycles. The Morgan fingerprint density at radius 2 is 2.04 bits per heavy atom. The number of amides is 1. The molecule has 0 aromatic heterocycles. The summed E-state index contributed by atoms with van der Waals surface area (Å²) in [6.45, 7) is 5.29. The molecule has 2 aromatic rings. The molecule has 0 unspecified atom stereocenters. The second kappa shape index (κ2) is 7.65. The molecule has 0 aliphatic heterocycles. The lowest BCUT2D eigenvalue weighted by molar-refractivity contribution is -0.385. The molecule has 0 atom stereocenters. The highest BCUT2D eigenvalue weighted by molar-refractivity contribution is 5.94. The summed E-state index contributed by atoms with van der Waals surface area (Å²) < 4.78 is 5.59. The van der Waals surface area contributed by atoms with Gasteiger partial charge in [0.25, 0.3) is 5.69 Å². The van der Waals surface area contributed by atoms with E-state index in [9.17, 15) is 20.0 Å². The zero-order valence-corrected chi connectivity index (χ0v) is 14.3. The Hall–Kier alpha value is -3.09. The van der Waals surface area contributed by atoms with Crippen LogP contribution in [-0.4, -0.2) is 22.0 Å². The molecule has 0 radical (unpaired) electrons. The second-order valence-electron chi connectivity index (χ2n) is 5.89. The van der Waals surface area contributed by atoms with E-state index in [0.29, 0.717) is 22.6 Å². The number of benzene rings is 2. The van der Waals surface area contributed by atoms with Crippen LogP contribution in [0.25, 0.3) is 0 Å². The van der Waals surface area contributed by atoms with Crippen LogP contribution in [0.15, 0.2) is 36.4 Å². The maximum absolute atomic E-state index is 12.3. The number of phenolic OH excluding ortho intramolecular Hbond substituents is 1. The normalized spacial score (nSPS) is 10.6. The molecule has 0 spiro atoms. The van der Waals surface area contributed by atoms with Crippen molar-refractivity contribution >= 4 is 17.3 Å². The van der Waals surface area contributed by atoms with Crippen LogP contribution in [0.2, 0.25) is 0 Å². The Bertz CT molecular complexity index is 802. The quantitative estimate of drug-likeness (QED) is 0.474. The average molecular weight is 344 g/mol. The minimum absolute atomic E-state index is 0.00446. The second-order valence-corrected chi connectivity index (χ2v) is 5.89. The van der Waals surface area contributed by atoms with Crippen molar-refractivity contribution in [3.05, 3.63) is 57.6 Å². The first-order valence-corrected chi connectivity index (χ1v) is 7.80. The smallest absolute Gasteiger partial charge is 0.272 e. The topological polar surface area (TPSA) is 102 Å². The number of nitrogens with one attached hydrogen (secondary N) is 1. The number of nitro benzene ring substituents is 1. The first-order valence-electron chi connectivity index (χ1n) is 7.80. The molecule has 0 aliphatic carbocycles. The molecule has 0 bridgehead atoms. The van der Waals surface area contributed by atoms with Gasteiger partial charge in [-0.3, -0.25) is 14.9 Å². The third-order valence-electron chi connectivity index (χ3n) is 3.57. The van der Waals surface area contributed by atoms with Crippen LogP contribution >= 0.6 is 0 Å². The number of carbonyl (C=O) groups excluding carboxylic acids is 1. The van der Waals surface area contributed by atoms with E-state index in [4.69, 9.17) is 4.74 Å². The van der Waals surface area contributed by atoms with Crippen molar-refractivity contribution in [3.63, 3.8) is 0 Å². The number of ether oxygens (including phenoxy) is 1. The molecule has 25 heavy (non-hydrogen) atoms. The zero-order chi connectivity index (χ0) is 18.6. The Morgan fingerprint density at radius 1 is 1.32 bits per heavy atom.